The first-order chi connectivity index (χ1) is 10.6. The lowest BCUT2D eigenvalue weighted by Crippen LogP contribution is -2.19. The van der Waals surface area contributed by atoms with Crippen LogP contribution in [0.3, 0.4) is 0 Å². The van der Waals surface area contributed by atoms with Gasteiger partial charge in [0.05, 0.1) is 11.9 Å². The topological polar surface area (TPSA) is 45.2 Å². The predicted molar refractivity (Wildman–Crippen MR) is 80.0 cm³/mol. The molecule has 0 atom stereocenters. The highest BCUT2D eigenvalue weighted by Crippen LogP contribution is 2.20. The van der Waals surface area contributed by atoms with Crippen molar-refractivity contribution in [3.8, 4) is 0 Å². The number of carbonyl (C=O) groups is 1. The molecule has 0 bridgehead atoms. The molecule has 2 aromatic rings. The fraction of sp³-hybridized carbons (Fsp3) is 0.250. The van der Waals surface area contributed by atoms with E-state index in [0.717, 1.165) is 43.9 Å². The lowest BCUT2D eigenvalue weighted by atomic mass is 10.2. The van der Waals surface area contributed by atoms with Gasteiger partial charge in [-0.2, -0.15) is 0 Å². The fourth-order valence-electron chi connectivity index (χ4n) is 2.50. The smallest absolute Gasteiger partial charge is 0.261 e. The van der Waals surface area contributed by atoms with Crippen molar-refractivity contribution < 1.29 is 13.6 Å². The third-order valence-electron chi connectivity index (χ3n) is 3.63. The Balaban J connectivity index is 1.74. The average molecular weight is 303 g/mol. The van der Waals surface area contributed by atoms with E-state index in [-0.39, 0.29) is 0 Å². The van der Waals surface area contributed by atoms with Crippen LogP contribution in [0.25, 0.3) is 0 Å². The number of rotatable bonds is 3. The van der Waals surface area contributed by atoms with Crippen LogP contribution < -0.4 is 10.2 Å². The van der Waals surface area contributed by atoms with E-state index < -0.39 is 23.1 Å². The lowest BCUT2D eigenvalue weighted by molar-refractivity contribution is 0.101. The van der Waals surface area contributed by atoms with Crippen LogP contribution in [-0.4, -0.2) is 24.0 Å². The SMILES string of the molecule is O=C(Nc1ccc(N2CCCC2)nc1)c1c(F)cccc1F. The number of nitrogens with zero attached hydrogens (tertiary/aromatic N) is 2. The molecule has 0 spiro atoms. The maximum Gasteiger partial charge on any atom is 0.261 e. The number of benzene rings is 1. The maximum absolute atomic E-state index is 13.5. The Morgan fingerprint density at radius 2 is 1.77 bits per heavy atom. The summed E-state index contributed by atoms with van der Waals surface area (Å²) >= 11 is 0. The molecule has 0 unspecified atom stereocenters. The van der Waals surface area contributed by atoms with Gasteiger partial charge in [0.2, 0.25) is 0 Å². The van der Waals surface area contributed by atoms with Crippen molar-refractivity contribution >= 4 is 17.4 Å². The second kappa shape index (κ2) is 6.09. The Bertz CT molecular complexity index is 662. The number of pyridine rings is 1. The van der Waals surface area contributed by atoms with E-state index in [1.54, 1.807) is 12.1 Å². The second-order valence-corrected chi connectivity index (χ2v) is 5.15. The van der Waals surface area contributed by atoms with Crippen molar-refractivity contribution in [3.05, 3.63) is 53.7 Å². The van der Waals surface area contributed by atoms with Crippen LogP contribution in [0.15, 0.2) is 36.5 Å². The lowest BCUT2D eigenvalue weighted by Gasteiger charge is -2.16. The highest BCUT2D eigenvalue weighted by Gasteiger charge is 2.18. The molecule has 3 rings (SSSR count). The van der Waals surface area contributed by atoms with Crippen LogP contribution in [0.2, 0.25) is 0 Å². The molecule has 1 fully saturated rings. The van der Waals surface area contributed by atoms with Crippen molar-refractivity contribution in [2.45, 2.75) is 12.8 Å². The van der Waals surface area contributed by atoms with Gasteiger partial charge in [-0.15, -0.1) is 0 Å². The molecule has 1 aromatic heterocycles. The molecule has 6 heteroatoms. The zero-order valence-corrected chi connectivity index (χ0v) is 11.9. The van der Waals surface area contributed by atoms with E-state index >= 15 is 0 Å². The van der Waals surface area contributed by atoms with Gasteiger partial charge in [-0.1, -0.05) is 6.07 Å². The van der Waals surface area contributed by atoms with E-state index in [2.05, 4.69) is 15.2 Å². The molecule has 1 N–H and O–H groups in total. The molecule has 114 valence electrons. The van der Waals surface area contributed by atoms with Gasteiger partial charge in [0.1, 0.15) is 23.0 Å². The number of aromatic nitrogens is 1. The molecular weight excluding hydrogens is 288 g/mol. The number of hydrogen-bond donors (Lipinski definition) is 1. The third kappa shape index (κ3) is 2.90. The summed E-state index contributed by atoms with van der Waals surface area (Å²) in [6, 6.07) is 6.78. The Labute approximate surface area is 126 Å². The molecule has 1 aromatic carbocycles. The van der Waals surface area contributed by atoms with Gasteiger partial charge < -0.3 is 10.2 Å². The summed E-state index contributed by atoms with van der Waals surface area (Å²) in [7, 11) is 0. The van der Waals surface area contributed by atoms with Gasteiger partial charge >= 0.3 is 0 Å². The van der Waals surface area contributed by atoms with Crippen LogP contribution in [0, 0.1) is 11.6 Å². The number of halogens is 2. The van der Waals surface area contributed by atoms with Gasteiger partial charge in [0.25, 0.3) is 5.91 Å². The minimum atomic E-state index is -0.890. The normalized spacial score (nSPS) is 14.2. The molecule has 1 aliphatic rings. The van der Waals surface area contributed by atoms with Crippen molar-refractivity contribution in [3.63, 3.8) is 0 Å². The summed E-state index contributed by atoms with van der Waals surface area (Å²) in [6.07, 6.45) is 3.78. The number of hydrogen-bond acceptors (Lipinski definition) is 3. The van der Waals surface area contributed by atoms with Crippen LogP contribution in [0.4, 0.5) is 20.3 Å². The summed E-state index contributed by atoms with van der Waals surface area (Å²) in [6.45, 7) is 1.94. The van der Waals surface area contributed by atoms with Gasteiger partial charge in [-0.05, 0) is 37.1 Å². The van der Waals surface area contributed by atoms with Crippen LogP contribution in [0.5, 0.6) is 0 Å². The van der Waals surface area contributed by atoms with Crippen molar-refractivity contribution in [2.24, 2.45) is 0 Å². The maximum atomic E-state index is 13.5. The molecule has 1 saturated heterocycles. The Hall–Kier alpha value is -2.50. The molecule has 22 heavy (non-hydrogen) atoms. The number of nitrogens with one attached hydrogen (secondary N) is 1. The van der Waals surface area contributed by atoms with Crippen LogP contribution in [0.1, 0.15) is 23.2 Å². The van der Waals surface area contributed by atoms with Crippen LogP contribution in [-0.2, 0) is 0 Å². The summed E-state index contributed by atoms with van der Waals surface area (Å²) in [5.74, 6) is -1.77. The first-order valence-electron chi connectivity index (χ1n) is 7.11. The van der Waals surface area contributed by atoms with Crippen molar-refractivity contribution in [1.82, 2.24) is 4.98 Å². The molecule has 1 aliphatic heterocycles. The standard InChI is InChI=1S/C16H15F2N3O/c17-12-4-3-5-13(18)15(12)16(22)20-11-6-7-14(19-10-11)21-8-1-2-9-21/h3-7,10H,1-2,8-9H2,(H,20,22). The molecule has 0 saturated carbocycles. The molecule has 1 amide bonds. The molecule has 2 heterocycles. The fourth-order valence-corrected chi connectivity index (χ4v) is 2.50. The predicted octanol–water partition coefficient (Wildman–Crippen LogP) is 3.21. The number of anilines is 2. The second-order valence-electron chi connectivity index (χ2n) is 5.15. The quantitative estimate of drug-likeness (QED) is 0.947. The van der Waals surface area contributed by atoms with E-state index in [1.165, 1.54) is 12.3 Å². The zero-order chi connectivity index (χ0) is 15.5. The van der Waals surface area contributed by atoms with Gasteiger partial charge in [0.15, 0.2) is 0 Å². The minimum absolute atomic E-state index is 0.399. The number of amides is 1. The Morgan fingerprint density at radius 3 is 2.36 bits per heavy atom. The van der Waals surface area contributed by atoms with E-state index in [0.29, 0.717) is 5.69 Å². The molecule has 0 aliphatic carbocycles. The zero-order valence-electron chi connectivity index (χ0n) is 11.9. The summed E-state index contributed by atoms with van der Waals surface area (Å²) < 4.78 is 27.1. The molecule has 0 radical (unpaired) electrons. The minimum Gasteiger partial charge on any atom is -0.357 e. The molecule has 4 nitrogen and oxygen atoms in total. The summed E-state index contributed by atoms with van der Waals surface area (Å²) in [5.41, 5.74) is -0.193. The first-order valence-corrected chi connectivity index (χ1v) is 7.11. The summed E-state index contributed by atoms with van der Waals surface area (Å²) in [5, 5.41) is 2.46. The highest BCUT2D eigenvalue weighted by atomic mass is 19.1. The van der Waals surface area contributed by atoms with Gasteiger partial charge in [-0.25, -0.2) is 13.8 Å². The van der Waals surface area contributed by atoms with Gasteiger partial charge in [-0.3, -0.25) is 4.79 Å². The van der Waals surface area contributed by atoms with E-state index in [1.807, 2.05) is 0 Å². The summed E-state index contributed by atoms with van der Waals surface area (Å²) in [4.78, 5) is 18.4. The monoisotopic (exact) mass is 303 g/mol. The van der Waals surface area contributed by atoms with Gasteiger partial charge in [0, 0.05) is 13.1 Å². The van der Waals surface area contributed by atoms with Crippen LogP contribution >= 0.6 is 0 Å². The number of carbonyl (C=O) groups excluding carboxylic acids is 1. The Morgan fingerprint density at radius 1 is 1.09 bits per heavy atom. The van der Waals surface area contributed by atoms with E-state index in [4.69, 9.17) is 0 Å². The van der Waals surface area contributed by atoms with E-state index in [9.17, 15) is 13.6 Å². The third-order valence-corrected chi connectivity index (χ3v) is 3.63. The van der Waals surface area contributed by atoms with Crippen molar-refractivity contribution in [1.29, 1.82) is 0 Å². The average Bonchev–Trinajstić information content (AvgIpc) is 3.02. The highest BCUT2D eigenvalue weighted by molar-refractivity contribution is 6.04. The Kier molecular flexibility index (Phi) is 4.00. The largest absolute Gasteiger partial charge is 0.357 e. The molecular formula is C16H15F2N3O. The van der Waals surface area contributed by atoms with Crippen molar-refractivity contribution in [2.75, 3.05) is 23.3 Å². The first kappa shape index (κ1) is 14.4.